The van der Waals surface area contributed by atoms with Gasteiger partial charge in [-0.1, -0.05) is 50.7 Å². The van der Waals surface area contributed by atoms with E-state index in [0.717, 1.165) is 0 Å². The lowest BCUT2D eigenvalue weighted by Crippen LogP contribution is -2.14. The van der Waals surface area contributed by atoms with Gasteiger partial charge in [-0.05, 0) is 0 Å². The Morgan fingerprint density at radius 1 is 1.44 bits per heavy atom. The molecule has 0 heterocycles. The Hall–Kier alpha value is 1.31. The molecule has 0 aromatic heterocycles. The molecule has 5 heteroatoms. The van der Waals surface area contributed by atoms with Crippen LogP contribution in [0.1, 0.15) is 6.42 Å². The summed E-state index contributed by atoms with van der Waals surface area (Å²) < 4.78 is -1.27. The highest BCUT2D eigenvalue weighted by Crippen LogP contribution is 2.33. The van der Waals surface area contributed by atoms with Gasteiger partial charge in [0.25, 0.3) is 0 Å². The summed E-state index contributed by atoms with van der Waals surface area (Å²) in [6.45, 7) is -0.0199. The van der Waals surface area contributed by atoms with E-state index in [2.05, 4.69) is 15.9 Å². The Balaban J connectivity index is 3.47. The molecule has 0 aromatic rings. The molecule has 0 amide bonds. The average Bonchev–Trinajstić information content (AvgIpc) is 1.62. The zero-order chi connectivity index (χ0) is 7.49. The number of aliphatic hydroxyl groups is 1. The van der Waals surface area contributed by atoms with Crippen LogP contribution < -0.4 is 0 Å². The molecule has 0 bridgehead atoms. The molecule has 0 saturated heterocycles. The van der Waals surface area contributed by atoms with Gasteiger partial charge in [0.15, 0.2) is 3.79 Å². The van der Waals surface area contributed by atoms with E-state index in [1.165, 1.54) is 0 Å². The van der Waals surface area contributed by atoms with Gasteiger partial charge in [-0.15, -0.1) is 0 Å². The van der Waals surface area contributed by atoms with Gasteiger partial charge in [0, 0.05) is 11.2 Å². The first kappa shape index (κ1) is 10.3. The molecule has 1 N–H and O–H groups in total. The Morgan fingerprint density at radius 2 is 1.89 bits per heavy atom. The predicted molar refractivity (Wildman–Crippen MR) is 44.7 cm³/mol. The number of halogens is 4. The summed E-state index contributed by atoms with van der Waals surface area (Å²) in [5.41, 5.74) is 0. The van der Waals surface area contributed by atoms with Crippen LogP contribution in [-0.4, -0.2) is 20.3 Å². The lowest BCUT2D eigenvalue weighted by Gasteiger charge is -2.12. The predicted octanol–water partition coefficient (Wildman–Crippen LogP) is 2.50. The molecule has 56 valence electrons. The summed E-state index contributed by atoms with van der Waals surface area (Å²) >= 11 is 19.3. The van der Waals surface area contributed by atoms with Crippen molar-refractivity contribution in [1.29, 1.82) is 0 Å². The summed E-state index contributed by atoms with van der Waals surface area (Å²) in [5, 5.41) is 8.48. The van der Waals surface area contributed by atoms with Gasteiger partial charge in [0.1, 0.15) is 0 Å². The van der Waals surface area contributed by atoms with Crippen molar-refractivity contribution in [2.75, 3.05) is 6.61 Å². The van der Waals surface area contributed by atoms with Crippen LogP contribution in [0, 0.1) is 0 Å². The van der Waals surface area contributed by atoms with E-state index in [0.29, 0.717) is 6.42 Å². The standard InChI is InChI=1S/C4H6BrCl3O/c5-3(2-9)1-4(6,7)8/h3,9H,1-2H2. The minimum Gasteiger partial charge on any atom is -0.395 e. The number of aliphatic hydroxyl groups excluding tert-OH is 1. The fraction of sp³-hybridized carbons (Fsp3) is 1.00. The number of rotatable bonds is 2. The zero-order valence-electron chi connectivity index (χ0n) is 4.45. The van der Waals surface area contributed by atoms with Crippen molar-refractivity contribution in [3.63, 3.8) is 0 Å². The lowest BCUT2D eigenvalue weighted by molar-refractivity contribution is 0.293. The number of alkyl halides is 4. The summed E-state index contributed by atoms with van der Waals surface area (Å²) in [4.78, 5) is -0.134. The van der Waals surface area contributed by atoms with E-state index in [1.54, 1.807) is 0 Å². The van der Waals surface area contributed by atoms with Crippen molar-refractivity contribution in [3.8, 4) is 0 Å². The first-order valence-corrected chi connectivity index (χ1v) is 4.32. The quantitative estimate of drug-likeness (QED) is 0.753. The lowest BCUT2D eigenvalue weighted by atomic mass is 10.3. The fourth-order valence-electron chi connectivity index (χ4n) is 0.316. The van der Waals surface area contributed by atoms with Gasteiger partial charge in [-0.25, -0.2) is 0 Å². The Morgan fingerprint density at radius 3 is 2.00 bits per heavy atom. The molecule has 0 spiro atoms. The summed E-state index contributed by atoms with van der Waals surface area (Å²) in [5.74, 6) is 0. The van der Waals surface area contributed by atoms with Gasteiger partial charge in [-0.3, -0.25) is 0 Å². The van der Waals surface area contributed by atoms with E-state index >= 15 is 0 Å². The van der Waals surface area contributed by atoms with Crippen LogP contribution in [-0.2, 0) is 0 Å². The first-order chi connectivity index (χ1) is 3.95. The van der Waals surface area contributed by atoms with Crippen molar-refractivity contribution in [2.24, 2.45) is 0 Å². The molecule has 0 aliphatic carbocycles. The van der Waals surface area contributed by atoms with Crippen molar-refractivity contribution in [3.05, 3.63) is 0 Å². The van der Waals surface area contributed by atoms with Crippen LogP contribution in [0.15, 0.2) is 0 Å². The average molecular weight is 256 g/mol. The molecule has 0 aliphatic rings. The Bertz CT molecular complexity index is 82.4. The van der Waals surface area contributed by atoms with Crippen molar-refractivity contribution >= 4 is 50.7 Å². The normalized spacial score (nSPS) is 15.7. The third kappa shape index (κ3) is 7.20. The van der Waals surface area contributed by atoms with E-state index in [9.17, 15) is 0 Å². The Kier molecular flexibility index (Phi) is 4.86. The van der Waals surface area contributed by atoms with Gasteiger partial charge < -0.3 is 5.11 Å². The number of hydrogen-bond donors (Lipinski definition) is 1. The molecule has 0 aromatic carbocycles. The maximum atomic E-state index is 8.48. The van der Waals surface area contributed by atoms with Crippen molar-refractivity contribution < 1.29 is 5.11 Å². The second-order valence-electron chi connectivity index (χ2n) is 1.60. The highest BCUT2D eigenvalue weighted by Gasteiger charge is 2.23. The van der Waals surface area contributed by atoms with E-state index < -0.39 is 3.79 Å². The second kappa shape index (κ2) is 4.24. The van der Waals surface area contributed by atoms with Gasteiger partial charge in [0.2, 0.25) is 0 Å². The van der Waals surface area contributed by atoms with E-state index in [-0.39, 0.29) is 11.4 Å². The highest BCUT2D eigenvalue weighted by molar-refractivity contribution is 9.09. The van der Waals surface area contributed by atoms with Crippen LogP contribution >= 0.6 is 50.7 Å². The summed E-state index contributed by atoms with van der Waals surface area (Å²) in [6, 6.07) is 0. The SMILES string of the molecule is OCC(Br)CC(Cl)(Cl)Cl. The molecule has 1 unspecified atom stereocenters. The molecule has 0 saturated carbocycles. The molecular weight excluding hydrogens is 250 g/mol. The second-order valence-corrected chi connectivity index (χ2v) is 5.41. The van der Waals surface area contributed by atoms with Crippen molar-refractivity contribution in [2.45, 2.75) is 15.0 Å². The van der Waals surface area contributed by atoms with E-state index in [4.69, 9.17) is 39.9 Å². The van der Waals surface area contributed by atoms with Crippen LogP contribution in [0.5, 0.6) is 0 Å². The first-order valence-electron chi connectivity index (χ1n) is 2.27. The molecule has 0 aliphatic heterocycles. The zero-order valence-corrected chi connectivity index (χ0v) is 8.30. The minimum atomic E-state index is -1.27. The highest BCUT2D eigenvalue weighted by atomic mass is 79.9. The molecule has 0 fully saturated rings. The van der Waals surface area contributed by atoms with Gasteiger partial charge in [-0.2, -0.15) is 0 Å². The molecular formula is C4H6BrCl3O. The fourth-order valence-corrected chi connectivity index (χ4v) is 1.92. The molecule has 1 nitrogen and oxygen atoms in total. The maximum Gasteiger partial charge on any atom is 0.191 e. The molecule has 0 rings (SSSR count). The van der Waals surface area contributed by atoms with E-state index in [1.807, 2.05) is 0 Å². The smallest absolute Gasteiger partial charge is 0.191 e. The Labute approximate surface area is 77.4 Å². The topological polar surface area (TPSA) is 20.2 Å². The summed E-state index contributed by atoms with van der Waals surface area (Å²) in [7, 11) is 0. The largest absolute Gasteiger partial charge is 0.395 e. The van der Waals surface area contributed by atoms with Gasteiger partial charge in [0.05, 0.1) is 6.61 Å². The summed E-state index contributed by atoms with van der Waals surface area (Å²) in [6.07, 6.45) is 0.314. The monoisotopic (exact) mass is 254 g/mol. The van der Waals surface area contributed by atoms with Crippen molar-refractivity contribution in [1.82, 2.24) is 0 Å². The van der Waals surface area contributed by atoms with Crippen LogP contribution in [0.2, 0.25) is 0 Å². The molecule has 1 atom stereocenters. The van der Waals surface area contributed by atoms with Crippen LogP contribution in [0.4, 0.5) is 0 Å². The van der Waals surface area contributed by atoms with Crippen LogP contribution in [0.3, 0.4) is 0 Å². The third-order valence-corrected chi connectivity index (χ3v) is 1.73. The third-order valence-electron chi connectivity index (χ3n) is 0.651. The molecule has 0 radical (unpaired) electrons. The maximum absolute atomic E-state index is 8.48. The van der Waals surface area contributed by atoms with Crippen LogP contribution in [0.25, 0.3) is 0 Å². The minimum absolute atomic E-state index is 0.0199. The van der Waals surface area contributed by atoms with Gasteiger partial charge >= 0.3 is 0 Å². The number of hydrogen-bond acceptors (Lipinski definition) is 1. The molecule has 9 heavy (non-hydrogen) atoms.